The van der Waals surface area contributed by atoms with Crippen LogP contribution in [0.4, 0.5) is 0 Å². The van der Waals surface area contributed by atoms with Crippen molar-refractivity contribution in [3.63, 3.8) is 0 Å². The van der Waals surface area contributed by atoms with Gasteiger partial charge in [-0.15, -0.1) is 0 Å². The molecular weight excluding hydrogens is 1390 g/mol. The van der Waals surface area contributed by atoms with E-state index in [2.05, 4.69) is 15.5 Å². The number of rotatable bonds is 50. The highest BCUT2D eigenvalue weighted by Crippen LogP contribution is 2.33. The van der Waals surface area contributed by atoms with E-state index in [1.165, 1.54) is 50.2 Å². The molecule has 1 saturated carbocycles. The topological polar surface area (TPSA) is 560 Å². The van der Waals surface area contributed by atoms with Gasteiger partial charge < -0.3 is 99.0 Å². The number of carbonyl (C=O) groups excluding carboxylic acids is 13. The lowest BCUT2D eigenvalue weighted by molar-refractivity contribution is -0.242. The maximum Gasteiger partial charge on any atom is 0.373 e. The second-order valence-corrected chi connectivity index (χ2v) is 24.0. The molecule has 36 heteroatoms. The van der Waals surface area contributed by atoms with Crippen LogP contribution in [0.3, 0.4) is 0 Å². The monoisotopic (exact) mass is 1480 g/mol. The average molecular weight is 1480 g/mol. The Labute approximate surface area is 597 Å². The van der Waals surface area contributed by atoms with Crippen molar-refractivity contribution in [1.82, 2.24) is 10.6 Å². The van der Waals surface area contributed by atoms with E-state index in [9.17, 15) is 93.6 Å². The van der Waals surface area contributed by atoms with Crippen LogP contribution in [-0.2, 0) is 114 Å². The summed E-state index contributed by atoms with van der Waals surface area (Å²) in [5.41, 5.74) is 0.987. The number of aliphatic hydroxyl groups is 6. The fraction of sp³-hybridized carbons (Fsp3) is 0.632. The highest BCUT2D eigenvalue weighted by Gasteiger charge is 2.47. The molecular formula is C68H95N3O33. The van der Waals surface area contributed by atoms with Crippen molar-refractivity contribution in [3.8, 4) is 11.5 Å². The normalized spacial score (nSPS) is 19.7. The van der Waals surface area contributed by atoms with Gasteiger partial charge >= 0.3 is 36.2 Å². The number of nitrogens with two attached hydrogens (primary N) is 1. The molecule has 1 aliphatic carbocycles. The number of ketones is 5. The minimum absolute atomic E-state index is 0.000894. The summed E-state index contributed by atoms with van der Waals surface area (Å²) in [4.78, 5) is 177. The molecule has 0 bridgehead atoms. The smallest absolute Gasteiger partial charge is 0.373 e. The zero-order valence-corrected chi connectivity index (χ0v) is 58.1. The van der Waals surface area contributed by atoms with E-state index in [-0.39, 0.29) is 196 Å². The summed E-state index contributed by atoms with van der Waals surface area (Å²) in [5, 5.41) is 85.9. The molecule has 12 atom stereocenters. The van der Waals surface area contributed by atoms with Crippen LogP contribution in [0, 0.1) is 17.8 Å². The zero-order chi connectivity index (χ0) is 77.7. The van der Waals surface area contributed by atoms with Crippen molar-refractivity contribution in [2.75, 3.05) is 72.6 Å². The Bertz CT molecular complexity index is 3120. The Kier molecular flexibility index (Phi) is 45.4. The Hall–Kier alpha value is -8.55. The molecule has 0 spiro atoms. The van der Waals surface area contributed by atoms with E-state index in [1.807, 2.05) is 0 Å². The van der Waals surface area contributed by atoms with Crippen LogP contribution in [0.15, 0.2) is 36.4 Å². The second-order valence-electron chi connectivity index (χ2n) is 24.0. The predicted octanol–water partition coefficient (Wildman–Crippen LogP) is -0.473. The minimum Gasteiger partial charge on any atom is -0.487 e. The van der Waals surface area contributed by atoms with E-state index in [4.69, 9.17) is 67.7 Å². The van der Waals surface area contributed by atoms with Gasteiger partial charge in [-0.2, -0.15) is 19.2 Å². The molecule has 1 saturated heterocycles. The lowest BCUT2D eigenvalue weighted by atomic mass is 9.80. The average Bonchev–Trinajstić information content (AvgIpc) is 0.836. The number of nitrogens with one attached hydrogen (secondary N) is 2. The number of aliphatic carboxylic acids is 2. The first kappa shape index (κ1) is 91.5. The predicted molar refractivity (Wildman–Crippen MR) is 347 cm³/mol. The number of benzene rings is 2. The van der Waals surface area contributed by atoms with Gasteiger partial charge in [0.1, 0.15) is 74.6 Å². The van der Waals surface area contributed by atoms with Crippen LogP contribution >= 0.6 is 0 Å². The first-order valence-electron chi connectivity index (χ1n) is 33.4. The summed E-state index contributed by atoms with van der Waals surface area (Å²) in [7, 11) is 0. The molecule has 4 rings (SSSR count). The molecule has 580 valence electrons. The highest BCUT2D eigenvalue weighted by molar-refractivity contribution is 5.99. The largest absolute Gasteiger partial charge is 0.487 e. The number of carboxylic acids is 2. The summed E-state index contributed by atoms with van der Waals surface area (Å²) in [6.45, 7) is 3.13. The van der Waals surface area contributed by atoms with E-state index in [1.54, 1.807) is 6.92 Å². The lowest BCUT2D eigenvalue weighted by Gasteiger charge is -2.38. The standard InChI is InChI=1S/C66H95N3O29.2CO2/c1-4-42(30-44(72)35-91-26-24-89-21-7-11-50(74)46-28-40(33-93-38(2)70)14-17-54(46)97-56-32-48(65(87)88)58(80)61(83)60(56)82)63(85)68-20-6-5-10-49(52(76)13-9-23-96-67)69-64(86)43(16-19-57(78)79)31-45(73)36-92-27-25-90-22-8-12-51(75)47-29-41(34-94-39(3)71)15-18-55(47)98-66-62(84)59(81)53(77)37-95-66;2*2-1-3/h14-15,17-18,28-29,42-43,48-49,53,56,58-62,66,77,80-84H,4-13,16,19-27,30-37,67H2,1-3H3,(H,68,85)(H,69,86)(H,78,79)(H,87,88);;/t42-,43-,48-,49+,53+,56+,58+,59-,60-,61-,62+,66-;;/m0../s1. The van der Waals surface area contributed by atoms with Crippen molar-refractivity contribution >= 4 is 76.9 Å². The lowest BCUT2D eigenvalue weighted by Crippen LogP contribution is -2.57. The quantitative estimate of drug-likeness (QED) is 0.0173. The molecule has 2 fully saturated rings. The van der Waals surface area contributed by atoms with Crippen LogP contribution in [0.25, 0.3) is 0 Å². The molecule has 2 amide bonds. The number of hydrogen-bond acceptors (Lipinski definition) is 32. The summed E-state index contributed by atoms with van der Waals surface area (Å²) in [6, 6.07) is 7.68. The van der Waals surface area contributed by atoms with E-state index >= 15 is 0 Å². The van der Waals surface area contributed by atoms with E-state index in [0.717, 1.165) is 0 Å². The fourth-order valence-electron chi connectivity index (χ4n) is 10.5. The van der Waals surface area contributed by atoms with Crippen LogP contribution in [-0.4, -0.2) is 245 Å². The maximum atomic E-state index is 13.7. The van der Waals surface area contributed by atoms with Crippen LogP contribution in [0.1, 0.15) is 149 Å². The van der Waals surface area contributed by atoms with Crippen LogP contribution in [0.5, 0.6) is 11.5 Å². The number of ether oxygens (including phenoxy) is 9. The zero-order valence-electron chi connectivity index (χ0n) is 58.1. The summed E-state index contributed by atoms with van der Waals surface area (Å²) in [5.74, 6) is -5.12. The van der Waals surface area contributed by atoms with Gasteiger partial charge in [-0.3, -0.25) is 52.7 Å². The highest BCUT2D eigenvalue weighted by atomic mass is 16.7. The van der Waals surface area contributed by atoms with Gasteiger partial charge in [0.05, 0.1) is 68.8 Å². The third kappa shape index (κ3) is 35.3. The van der Waals surface area contributed by atoms with E-state index in [0.29, 0.717) is 30.4 Å². The second kappa shape index (κ2) is 51.6. The minimum atomic E-state index is -1.84. The van der Waals surface area contributed by atoms with Gasteiger partial charge in [0, 0.05) is 90.4 Å². The van der Waals surface area contributed by atoms with Crippen molar-refractivity contribution in [2.24, 2.45) is 23.7 Å². The van der Waals surface area contributed by atoms with Crippen molar-refractivity contribution < 1.29 is 160 Å². The van der Waals surface area contributed by atoms with Crippen molar-refractivity contribution in [1.29, 1.82) is 0 Å². The molecule has 104 heavy (non-hydrogen) atoms. The Morgan fingerprint density at radius 2 is 1.09 bits per heavy atom. The molecule has 2 aromatic rings. The number of carbonyl (C=O) groups is 11. The maximum absolute atomic E-state index is 13.7. The number of Topliss-reactive ketones (excluding diaryl/α,β-unsaturated/α-hetero) is 5. The number of carboxylic acid groups (broad SMARTS) is 2. The van der Waals surface area contributed by atoms with Crippen LogP contribution < -0.4 is 26.0 Å². The summed E-state index contributed by atoms with van der Waals surface area (Å²) in [6.07, 6.45) is -12.0. The van der Waals surface area contributed by atoms with Gasteiger partial charge in [-0.05, 0) is 86.8 Å². The molecule has 1 heterocycles. The molecule has 2 aliphatic rings. The molecule has 36 nitrogen and oxygen atoms in total. The molecule has 0 aromatic heterocycles. The third-order valence-corrected chi connectivity index (χ3v) is 16.0. The number of esters is 2. The number of aliphatic hydroxyl groups excluding tert-OH is 6. The summed E-state index contributed by atoms with van der Waals surface area (Å²) >= 11 is 0. The van der Waals surface area contributed by atoms with Crippen molar-refractivity contribution in [2.45, 2.75) is 185 Å². The molecule has 12 N–H and O–H groups in total. The Morgan fingerprint density at radius 1 is 0.577 bits per heavy atom. The first-order valence-corrected chi connectivity index (χ1v) is 33.4. The number of unbranched alkanes of at least 4 members (excludes halogenated alkanes) is 1. The number of amides is 2. The molecule has 1 aliphatic heterocycles. The van der Waals surface area contributed by atoms with Gasteiger partial charge in [0.25, 0.3) is 0 Å². The van der Waals surface area contributed by atoms with Gasteiger partial charge in [-0.25, -0.2) is 5.90 Å². The third-order valence-electron chi connectivity index (χ3n) is 16.0. The fourth-order valence-corrected chi connectivity index (χ4v) is 10.5. The molecule has 2 aromatic carbocycles. The van der Waals surface area contributed by atoms with Crippen molar-refractivity contribution in [3.05, 3.63) is 58.7 Å². The first-order chi connectivity index (χ1) is 49.6. The Morgan fingerprint density at radius 3 is 1.59 bits per heavy atom. The van der Waals surface area contributed by atoms with Gasteiger partial charge in [0.15, 0.2) is 28.9 Å². The number of hydrogen-bond donors (Lipinski definition) is 11. The van der Waals surface area contributed by atoms with Gasteiger partial charge in [0.2, 0.25) is 18.1 Å². The summed E-state index contributed by atoms with van der Waals surface area (Å²) < 4.78 is 49.2. The van der Waals surface area contributed by atoms with E-state index < -0.39 is 139 Å². The van der Waals surface area contributed by atoms with Crippen LogP contribution in [0.2, 0.25) is 0 Å². The molecule has 0 unspecified atom stereocenters. The SMILES string of the molecule is CC[C@@H](CC(=O)COCCOCCCC(=O)c1cc(COC(C)=O)ccc1O[C@@H]1C[C@H](C(=O)O)[C@@H](O)[C@H](O)[C@H]1O)C(=O)NCCCC[C@@H](NC(=O)[C@@H](CCC(=O)O)CC(=O)COCCOCCCC(=O)c1cc(COC(C)=O)ccc1O[C@@H]1OC[C@@H](O)[C@H](O)[C@H]1O)C(=O)CCCON.O=C=O.O=C=O. The molecule has 0 radical (unpaired) electrons. The van der Waals surface area contributed by atoms with Gasteiger partial charge in [-0.1, -0.05) is 19.1 Å². The Balaban J connectivity index is 0.00000591.